The Morgan fingerprint density at radius 3 is 2.76 bits per heavy atom. The average Bonchev–Trinajstić information content (AvgIpc) is 2.33. The molecule has 4 N–H and O–H groups in total. The summed E-state index contributed by atoms with van der Waals surface area (Å²) in [6.07, 6.45) is 3.74. The molecule has 0 amide bonds. The average molecular weight is 233 g/mol. The van der Waals surface area contributed by atoms with E-state index in [1.54, 1.807) is 0 Å². The molecular weight excluding hydrogens is 214 g/mol. The molecule has 0 aliphatic heterocycles. The van der Waals surface area contributed by atoms with Gasteiger partial charge in [-0.2, -0.15) is 0 Å². The fourth-order valence-corrected chi connectivity index (χ4v) is 2.17. The Morgan fingerprint density at radius 2 is 2.18 bits per heavy atom. The molecule has 4 nitrogen and oxygen atoms in total. The molecule has 0 saturated heterocycles. The zero-order valence-electron chi connectivity index (χ0n) is 10.1. The summed E-state index contributed by atoms with van der Waals surface area (Å²) in [7, 11) is 0. The molecular formula is C13H19N3O. The minimum absolute atomic E-state index is 0.168. The first-order chi connectivity index (χ1) is 8.14. The number of hydrogen-bond acceptors (Lipinski definition) is 3. The molecule has 2 rings (SSSR count). The van der Waals surface area contributed by atoms with Crippen LogP contribution in [0.4, 0.5) is 0 Å². The van der Waals surface area contributed by atoms with Gasteiger partial charge in [0.1, 0.15) is 0 Å². The monoisotopic (exact) mass is 233 g/mol. The van der Waals surface area contributed by atoms with E-state index in [0.29, 0.717) is 0 Å². The van der Waals surface area contributed by atoms with Crippen LogP contribution < -0.4 is 11.1 Å². The van der Waals surface area contributed by atoms with Crippen LogP contribution >= 0.6 is 0 Å². The summed E-state index contributed by atoms with van der Waals surface area (Å²) in [5.74, 6) is 0.168. The van der Waals surface area contributed by atoms with E-state index in [1.807, 2.05) is 24.3 Å². The minimum Gasteiger partial charge on any atom is -0.409 e. The normalized spacial score (nSPS) is 18.8. The highest BCUT2D eigenvalue weighted by Crippen LogP contribution is 2.31. The summed E-state index contributed by atoms with van der Waals surface area (Å²) < 4.78 is 0. The van der Waals surface area contributed by atoms with Crippen LogP contribution in [-0.4, -0.2) is 16.6 Å². The van der Waals surface area contributed by atoms with E-state index in [-0.39, 0.29) is 11.4 Å². The van der Waals surface area contributed by atoms with Crippen molar-refractivity contribution in [3.63, 3.8) is 0 Å². The van der Waals surface area contributed by atoms with Gasteiger partial charge in [0.05, 0.1) is 0 Å². The maximum Gasteiger partial charge on any atom is 0.170 e. The van der Waals surface area contributed by atoms with Crippen molar-refractivity contribution in [3.05, 3.63) is 35.4 Å². The molecule has 1 aromatic rings. The highest BCUT2D eigenvalue weighted by atomic mass is 16.4. The highest BCUT2D eigenvalue weighted by molar-refractivity contribution is 5.98. The van der Waals surface area contributed by atoms with Crippen molar-refractivity contribution >= 4 is 5.84 Å². The number of hydrogen-bond donors (Lipinski definition) is 3. The van der Waals surface area contributed by atoms with Gasteiger partial charge < -0.3 is 16.3 Å². The lowest BCUT2D eigenvalue weighted by atomic mass is 9.78. The standard InChI is InChI=1S/C13H19N3O/c1-13(7-4-8-13)15-9-10-5-2-3-6-11(10)12(14)16-17/h2-3,5-6,15,17H,4,7-9H2,1H3,(H2,14,16). The second-order valence-corrected chi connectivity index (χ2v) is 4.91. The molecule has 1 fully saturated rings. The maximum absolute atomic E-state index is 8.74. The van der Waals surface area contributed by atoms with E-state index in [2.05, 4.69) is 17.4 Å². The number of nitrogens with two attached hydrogens (primary N) is 1. The number of oxime groups is 1. The molecule has 0 spiro atoms. The zero-order valence-corrected chi connectivity index (χ0v) is 10.1. The first-order valence-electron chi connectivity index (χ1n) is 5.95. The largest absolute Gasteiger partial charge is 0.409 e. The van der Waals surface area contributed by atoms with Gasteiger partial charge >= 0.3 is 0 Å². The molecule has 0 unspecified atom stereocenters. The van der Waals surface area contributed by atoms with Crippen LogP contribution in [0.2, 0.25) is 0 Å². The van der Waals surface area contributed by atoms with Crippen molar-refractivity contribution in [2.45, 2.75) is 38.3 Å². The van der Waals surface area contributed by atoms with Gasteiger partial charge in [-0.05, 0) is 31.7 Å². The van der Waals surface area contributed by atoms with Crippen LogP contribution in [0, 0.1) is 0 Å². The summed E-state index contributed by atoms with van der Waals surface area (Å²) in [6, 6.07) is 7.73. The van der Waals surface area contributed by atoms with Crippen molar-refractivity contribution in [1.29, 1.82) is 0 Å². The number of amidine groups is 1. The summed E-state index contributed by atoms with van der Waals surface area (Å²) in [6.45, 7) is 2.99. The van der Waals surface area contributed by atoms with E-state index in [1.165, 1.54) is 19.3 Å². The highest BCUT2D eigenvalue weighted by Gasteiger charge is 2.30. The predicted octanol–water partition coefficient (Wildman–Crippen LogP) is 1.81. The molecule has 1 aromatic carbocycles. The predicted molar refractivity (Wildman–Crippen MR) is 68.0 cm³/mol. The third kappa shape index (κ3) is 2.58. The Hall–Kier alpha value is -1.55. The first kappa shape index (κ1) is 11.9. The lowest BCUT2D eigenvalue weighted by molar-refractivity contribution is 0.207. The lowest BCUT2D eigenvalue weighted by Crippen LogP contribution is -2.47. The Balaban J connectivity index is 2.09. The third-order valence-electron chi connectivity index (χ3n) is 3.56. The maximum atomic E-state index is 8.74. The van der Waals surface area contributed by atoms with Crippen LogP contribution in [-0.2, 0) is 6.54 Å². The number of nitrogens with zero attached hydrogens (tertiary/aromatic N) is 1. The van der Waals surface area contributed by atoms with Gasteiger partial charge in [-0.25, -0.2) is 0 Å². The third-order valence-corrected chi connectivity index (χ3v) is 3.56. The molecule has 0 heterocycles. The molecule has 1 saturated carbocycles. The van der Waals surface area contributed by atoms with E-state index in [4.69, 9.17) is 10.9 Å². The molecule has 92 valence electrons. The van der Waals surface area contributed by atoms with Crippen LogP contribution in [0.25, 0.3) is 0 Å². The summed E-state index contributed by atoms with van der Waals surface area (Å²) in [5.41, 5.74) is 7.78. The van der Waals surface area contributed by atoms with Gasteiger partial charge in [-0.1, -0.05) is 29.4 Å². The second kappa shape index (κ2) is 4.75. The lowest BCUT2D eigenvalue weighted by Gasteiger charge is -2.39. The van der Waals surface area contributed by atoms with E-state index in [9.17, 15) is 0 Å². The van der Waals surface area contributed by atoms with Crippen molar-refractivity contribution in [2.24, 2.45) is 10.9 Å². The minimum atomic E-state index is 0.168. The van der Waals surface area contributed by atoms with Crippen molar-refractivity contribution in [3.8, 4) is 0 Å². The fraction of sp³-hybridized carbons (Fsp3) is 0.462. The Bertz CT molecular complexity index is 424. The van der Waals surface area contributed by atoms with Crippen LogP contribution in [0.5, 0.6) is 0 Å². The van der Waals surface area contributed by atoms with Gasteiger partial charge in [0.2, 0.25) is 0 Å². The fourth-order valence-electron chi connectivity index (χ4n) is 2.17. The second-order valence-electron chi connectivity index (χ2n) is 4.91. The Morgan fingerprint density at radius 1 is 1.47 bits per heavy atom. The molecule has 0 radical (unpaired) electrons. The first-order valence-corrected chi connectivity index (χ1v) is 5.95. The van der Waals surface area contributed by atoms with Gasteiger partial charge in [-0.3, -0.25) is 0 Å². The van der Waals surface area contributed by atoms with Gasteiger partial charge in [0.25, 0.3) is 0 Å². The van der Waals surface area contributed by atoms with Crippen molar-refractivity contribution in [2.75, 3.05) is 0 Å². The van der Waals surface area contributed by atoms with E-state index in [0.717, 1.165) is 17.7 Å². The van der Waals surface area contributed by atoms with Crippen molar-refractivity contribution in [1.82, 2.24) is 5.32 Å². The van der Waals surface area contributed by atoms with Gasteiger partial charge in [0, 0.05) is 17.6 Å². The number of benzene rings is 1. The molecule has 17 heavy (non-hydrogen) atoms. The van der Waals surface area contributed by atoms with Gasteiger partial charge in [-0.15, -0.1) is 0 Å². The quantitative estimate of drug-likeness (QED) is 0.321. The summed E-state index contributed by atoms with van der Waals surface area (Å²) >= 11 is 0. The van der Waals surface area contributed by atoms with Crippen molar-refractivity contribution < 1.29 is 5.21 Å². The molecule has 1 aliphatic carbocycles. The molecule has 0 atom stereocenters. The van der Waals surface area contributed by atoms with Crippen LogP contribution in [0.15, 0.2) is 29.4 Å². The molecule has 0 bridgehead atoms. The molecule has 0 aromatic heterocycles. The number of rotatable bonds is 4. The van der Waals surface area contributed by atoms with Gasteiger partial charge in [0.15, 0.2) is 5.84 Å². The summed E-state index contributed by atoms with van der Waals surface area (Å²) in [4.78, 5) is 0. The topological polar surface area (TPSA) is 70.6 Å². The SMILES string of the molecule is CC1(NCc2ccccc2/C(N)=N/O)CCC1. The Kier molecular flexibility index (Phi) is 3.33. The van der Waals surface area contributed by atoms with E-state index < -0.39 is 0 Å². The summed E-state index contributed by atoms with van der Waals surface area (Å²) in [5, 5.41) is 15.3. The van der Waals surface area contributed by atoms with Crippen LogP contribution in [0.1, 0.15) is 37.3 Å². The van der Waals surface area contributed by atoms with Crippen LogP contribution in [0.3, 0.4) is 0 Å². The molecule has 1 aliphatic rings. The molecule has 4 heteroatoms. The number of nitrogens with one attached hydrogen (secondary N) is 1. The zero-order chi connectivity index (χ0) is 12.3. The smallest absolute Gasteiger partial charge is 0.170 e. The van der Waals surface area contributed by atoms with E-state index >= 15 is 0 Å². The Labute approximate surface area is 102 Å².